The van der Waals surface area contributed by atoms with Crippen LogP contribution in [-0.2, 0) is 4.94 Å². The maximum absolute atomic E-state index is 5.15. The van der Waals surface area contributed by atoms with Gasteiger partial charge in [-0.2, -0.15) is 10.5 Å². The Morgan fingerprint density at radius 2 is 1.70 bits per heavy atom. The maximum atomic E-state index is 5.15. The molecule has 0 rings (SSSR count). The van der Waals surface area contributed by atoms with Crippen molar-refractivity contribution in [3.8, 4) is 0 Å². The first-order valence-electron chi connectivity index (χ1n) is 3.69. The fourth-order valence-corrected chi connectivity index (χ4v) is 0.294. The molecule has 0 saturated carbocycles. The van der Waals surface area contributed by atoms with Crippen LogP contribution in [0.15, 0.2) is 0 Å². The summed E-state index contributed by atoms with van der Waals surface area (Å²) >= 11 is 0. The number of nitrogens with one attached hydrogen (secondary N) is 1. The zero-order chi connectivity index (χ0) is 8.15. The first kappa shape index (κ1) is 9.88. The Bertz CT molecular complexity index is 83.7. The summed E-state index contributed by atoms with van der Waals surface area (Å²) in [6, 6.07) is 0.771. The molecule has 0 aromatic heterocycles. The van der Waals surface area contributed by atoms with Crippen molar-refractivity contribution in [2.24, 2.45) is 0 Å². The minimum Gasteiger partial charge on any atom is -0.211 e. The predicted octanol–water partition coefficient (Wildman–Crippen LogP) is 1.17. The van der Waals surface area contributed by atoms with E-state index in [-0.39, 0.29) is 0 Å². The lowest BCUT2D eigenvalue weighted by Gasteiger charge is -2.21. The first-order chi connectivity index (χ1) is 4.54. The van der Waals surface area contributed by atoms with Crippen LogP contribution in [0.1, 0.15) is 27.7 Å². The monoisotopic (exact) mass is 146 g/mol. The van der Waals surface area contributed by atoms with Crippen molar-refractivity contribution >= 4 is 0 Å². The van der Waals surface area contributed by atoms with Crippen molar-refractivity contribution in [1.82, 2.24) is 10.5 Å². The van der Waals surface area contributed by atoms with Crippen LogP contribution in [0.5, 0.6) is 0 Å². The van der Waals surface area contributed by atoms with Crippen LogP contribution >= 0.6 is 0 Å². The Morgan fingerprint density at radius 3 is 2.00 bits per heavy atom. The molecular formula is C7H18N2O. The van der Waals surface area contributed by atoms with Crippen LogP contribution in [0.2, 0.25) is 0 Å². The summed E-state index contributed by atoms with van der Waals surface area (Å²) in [4.78, 5) is 5.15. The molecule has 0 heterocycles. The van der Waals surface area contributed by atoms with Gasteiger partial charge in [-0.25, -0.2) is 4.94 Å². The Labute approximate surface area is 63.3 Å². The highest BCUT2D eigenvalue weighted by Crippen LogP contribution is 1.92. The van der Waals surface area contributed by atoms with Gasteiger partial charge in [-0.3, -0.25) is 0 Å². The second kappa shape index (κ2) is 4.66. The highest BCUT2D eigenvalue weighted by Gasteiger charge is 2.02. The van der Waals surface area contributed by atoms with Gasteiger partial charge in [0.25, 0.3) is 0 Å². The minimum absolute atomic E-state index is 0.362. The lowest BCUT2D eigenvalue weighted by Crippen LogP contribution is -2.36. The summed E-state index contributed by atoms with van der Waals surface area (Å²) in [7, 11) is 1.90. The van der Waals surface area contributed by atoms with E-state index in [1.165, 1.54) is 0 Å². The average Bonchev–Trinajstić information content (AvgIpc) is 1.82. The zero-order valence-corrected chi connectivity index (χ0v) is 7.51. The summed E-state index contributed by atoms with van der Waals surface area (Å²) in [5, 5.41) is 1.78. The van der Waals surface area contributed by atoms with E-state index in [4.69, 9.17) is 4.94 Å². The van der Waals surface area contributed by atoms with Gasteiger partial charge in [0.05, 0.1) is 0 Å². The number of nitrogens with zero attached hydrogens (tertiary/aromatic N) is 1. The molecule has 62 valence electrons. The average molecular weight is 146 g/mol. The van der Waals surface area contributed by atoms with Gasteiger partial charge in [-0.15, -0.1) is 0 Å². The third-order valence-corrected chi connectivity index (χ3v) is 1.16. The van der Waals surface area contributed by atoms with Crippen molar-refractivity contribution in [1.29, 1.82) is 0 Å². The molecule has 0 unspecified atom stereocenters. The molecule has 0 saturated heterocycles. The maximum Gasteiger partial charge on any atom is 0.0312 e. The van der Waals surface area contributed by atoms with Crippen molar-refractivity contribution in [2.45, 2.75) is 39.8 Å². The molecule has 1 N–H and O–H groups in total. The molecule has 3 nitrogen and oxygen atoms in total. The minimum atomic E-state index is 0.362. The van der Waals surface area contributed by atoms with E-state index < -0.39 is 0 Å². The molecule has 0 spiro atoms. The predicted molar refractivity (Wildman–Crippen MR) is 42.3 cm³/mol. The van der Waals surface area contributed by atoms with E-state index >= 15 is 0 Å². The third kappa shape index (κ3) is 4.73. The first-order valence-corrected chi connectivity index (χ1v) is 3.69. The van der Waals surface area contributed by atoms with Crippen LogP contribution < -0.4 is 5.48 Å². The van der Waals surface area contributed by atoms with Crippen LogP contribution in [-0.4, -0.2) is 24.2 Å². The van der Waals surface area contributed by atoms with E-state index in [1.54, 1.807) is 5.06 Å². The molecule has 0 aromatic rings. The second-order valence-corrected chi connectivity index (χ2v) is 3.00. The van der Waals surface area contributed by atoms with Gasteiger partial charge in [-0.1, -0.05) is 0 Å². The van der Waals surface area contributed by atoms with Crippen molar-refractivity contribution in [2.75, 3.05) is 7.05 Å². The third-order valence-electron chi connectivity index (χ3n) is 1.16. The Kier molecular flexibility index (Phi) is 4.60. The smallest absolute Gasteiger partial charge is 0.0312 e. The highest BCUT2D eigenvalue weighted by molar-refractivity contribution is 4.44. The van der Waals surface area contributed by atoms with Crippen LogP contribution in [0.3, 0.4) is 0 Å². The second-order valence-electron chi connectivity index (χ2n) is 3.00. The summed E-state index contributed by atoms with van der Waals surface area (Å²) < 4.78 is 0. The molecule has 0 fully saturated rings. The molecule has 0 aliphatic rings. The van der Waals surface area contributed by atoms with Crippen LogP contribution in [0, 0.1) is 0 Å². The van der Waals surface area contributed by atoms with Crippen LogP contribution in [0.4, 0.5) is 0 Å². The fraction of sp³-hybridized carbons (Fsp3) is 1.00. The van der Waals surface area contributed by atoms with E-state index in [0.717, 1.165) is 0 Å². The molecule has 0 radical (unpaired) electrons. The van der Waals surface area contributed by atoms with Gasteiger partial charge in [0.15, 0.2) is 0 Å². The Morgan fingerprint density at radius 1 is 1.20 bits per heavy atom. The van der Waals surface area contributed by atoms with Gasteiger partial charge in [0.2, 0.25) is 0 Å². The molecule has 0 atom stereocenters. The van der Waals surface area contributed by atoms with Gasteiger partial charge in [0.1, 0.15) is 0 Å². The Hall–Kier alpha value is -0.120. The van der Waals surface area contributed by atoms with Crippen molar-refractivity contribution < 1.29 is 4.94 Å². The lowest BCUT2D eigenvalue weighted by atomic mass is 10.4. The molecular weight excluding hydrogens is 128 g/mol. The number of hydrogen-bond donors (Lipinski definition) is 1. The quantitative estimate of drug-likeness (QED) is 0.602. The van der Waals surface area contributed by atoms with E-state index in [9.17, 15) is 0 Å². The van der Waals surface area contributed by atoms with Gasteiger partial charge >= 0.3 is 0 Å². The molecule has 3 heteroatoms. The van der Waals surface area contributed by atoms with Gasteiger partial charge in [0, 0.05) is 19.1 Å². The molecule has 0 bridgehead atoms. The standard InChI is InChI=1S/C7H18N2O/c1-6(2)8-10-9(5)7(3)4/h6-8H,1-5H3. The number of hydroxylamine groups is 3. The van der Waals surface area contributed by atoms with Crippen LogP contribution in [0.25, 0.3) is 0 Å². The summed E-state index contributed by atoms with van der Waals surface area (Å²) in [5.41, 5.74) is 2.85. The lowest BCUT2D eigenvalue weighted by molar-refractivity contribution is -0.218. The van der Waals surface area contributed by atoms with Crippen molar-refractivity contribution in [3.63, 3.8) is 0 Å². The molecule has 0 aliphatic carbocycles. The molecule has 0 aliphatic heterocycles. The summed E-state index contributed by atoms with van der Waals surface area (Å²) in [6.07, 6.45) is 0. The normalized spacial score (nSPS) is 12.0. The SMILES string of the molecule is CC(C)NON(C)C(C)C. The topological polar surface area (TPSA) is 24.5 Å². The number of hydrogen-bond acceptors (Lipinski definition) is 3. The summed E-state index contributed by atoms with van der Waals surface area (Å²) in [5.74, 6) is 0. The van der Waals surface area contributed by atoms with E-state index in [2.05, 4.69) is 19.3 Å². The van der Waals surface area contributed by atoms with E-state index in [0.29, 0.717) is 12.1 Å². The molecule has 0 aromatic carbocycles. The summed E-state index contributed by atoms with van der Waals surface area (Å²) in [6.45, 7) is 8.21. The van der Waals surface area contributed by atoms with Gasteiger partial charge < -0.3 is 0 Å². The molecule has 10 heavy (non-hydrogen) atoms. The van der Waals surface area contributed by atoms with Crippen molar-refractivity contribution in [3.05, 3.63) is 0 Å². The Balaban J connectivity index is 3.30. The fourth-order valence-electron chi connectivity index (χ4n) is 0.294. The molecule has 0 amide bonds. The van der Waals surface area contributed by atoms with E-state index in [1.807, 2.05) is 20.9 Å². The highest BCUT2D eigenvalue weighted by atomic mass is 16.8. The largest absolute Gasteiger partial charge is 0.211 e. The zero-order valence-electron chi connectivity index (χ0n) is 7.51. The van der Waals surface area contributed by atoms with Gasteiger partial charge in [-0.05, 0) is 27.7 Å². The number of rotatable bonds is 4.